The summed E-state index contributed by atoms with van der Waals surface area (Å²) < 4.78 is 12.7. The first-order valence-corrected chi connectivity index (χ1v) is 6.48. The number of carbonyl (C=O) groups is 3. The minimum absolute atomic E-state index is 0.0251. The molecule has 1 aromatic carbocycles. The van der Waals surface area contributed by atoms with E-state index in [9.17, 15) is 23.9 Å². The number of halogens is 1. The van der Waals surface area contributed by atoms with Gasteiger partial charge in [-0.15, -0.1) is 0 Å². The molecule has 22 heavy (non-hydrogen) atoms. The van der Waals surface area contributed by atoms with Gasteiger partial charge < -0.3 is 20.8 Å². The Kier molecular flexibility index (Phi) is 6.00. The van der Waals surface area contributed by atoms with Crippen LogP contribution in [0, 0.1) is 5.82 Å². The van der Waals surface area contributed by atoms with Gasteiger partial charge in [0.15, 0.2) is 5.60 Å². The van der Waals surface area contributed by atoms with E-state index in [4.69, 9.17) is 5.11 Å². The predicted molar refractivity (Wildman–Crippen MR) is 74.6 cm³/mol. The minimum atomic E-state index is -2.05. The van der Waals surface area contributed by atoms with E-state index < -0.39 is 35.7 Å². The Morgan fingerprint density at radius 1 is 1.18 bits per heavy atom. The van der Waals surface area contributed by atoms with Gasteiger partial charge >= 0.3 is 5.97 Å². The van der Waals surface area contributed by atoms with Crippen LogP contribution < -0.4 is 10.6 Å². The molecule has 0 saturated heterocycles. The standard InChI is InChI=1S/C14H17FN2O5/c1-14(22,13(20)21)8-17-11(18)6-7-16-12(19)9-2-4-10(15)5-3-9/h2-5,22H,6-8H2,1H3,(H,16,19)(H,17,18)(H,20,21). The Hall–Kier alpha value is -2.48. The van der Waals surface area contributed by atoms with Crippen LogP contribution in [0.5, 0.6) is 0 Å². The molecule has 0 heterocycles. The molecule has 1 atom stereocenters. The molecular formula is C14H17FN2O5. The number of carboxylic acids is 1. The van der Waals surface area contributed by atoms with Crippen molar-refractivity contribution in [3.8, 4) is 0 Å². The lowest BCUT2D eigenvalue weighted by molar-refractivity contribution is -0.156. The van der Waals surface area contributed by atoms with Gasteiger partial charge in [0.1, 0.15) is 5.82 Å². The zero-order valence-corrected chi connectivity index (χ0v) is 11.9. The van der Waals surface area contributed by atoms with E-state index in [2.05, 4.69) is 10.6 Å². The first kappa shape index (κ1) is 17.6. The summed E-state index contributed by atoms with van der Waals surface area (Å²) in [6, 6.07) is 4.93. The maximum Gasteiger partial charge on any atom is 0.337 e. The third-order valence-corrected chi connectivity index (χ3v) is 2.83. The molecule has 0 radical (unpaired) electrons. The largest absolute Gasteiger partial charge is 0.479 e. The number of hydrogen-bond acceptors (Lipinski definition) is 4. The van der Waals surface area contributed by atoms with Crippen LogP contribution in [0.2, 0.25) is 0 Å². The highest BCUT2D eigenvalue weighted by Crippen LogP contribution is 2.03. The number of carbonyl (C=O) groups excluding carboxylic acids is 2. The van der Waals surface area contributed by atoms with Crippen molar-refractivity contribution in [3.63, 3.8) is 0 Å². The summed E-state index contributed by atoms with van der Waals surface area (Å²) in [4.78, 5) is 33.8. The van der Waals surface area contributed by atoms with E-state index in [-0.39, 0.29) is 18.5 Å². The second-order valence-corrected chi connectivity index (χ2v) is 4.87. The van der Waals surface area contributed by atoms with E-state index in [1.165, 1.54) is 12.1 Å². The number of nitrogens with one attached hydrogen (secondary N) is 2. The Morgan fingerprint density at radius 2 is 1.77 bits per heavy atom. The fraction of sp³-hybridized carbons (Fsp3) is 0.357. The third-order valence-electron chi connectivity index (χ3n) is 2.83. The molecule has 7 nitrogen and oxygen atoms in total. The molecule has 0 aliphatic carbocycles. The molecule has 0 aliphatic rings. The fourth-order valence-electron chi connectivity index (χ4n) is 1.43. The average molecular weight is 312 g/mol. The van der Waals surface area contributed by atoms with Gasteiger partial charge in [0.25, 0.3) is 5.91 Å². The van der Waals surface area contributed by atoms with E-state index in [1.54, 1.807) is 0 Å². The van der Waals surface area contributed by atoms with Crippen LogP contribution in [0.25, 0.3) is 0 Å². The lowest BCUT2D eigenvalue weighted by Crippen LogP contribution is -2.47. The Labute approximate surface area is 126 Å². The van der Waals surface area contributed by atoms with Crippen LogP contribution >= 0.6 is 0 Å². The average Bonchev–Trinajstić information content (AvgIpc) is 2.45. The highest BCUT2D eigenvalue weighted by Gasteiger charge is 2.30. The van der Waals surface area contributed by atoms with E-state index in [1.807, 2.05) is 0 Å². The molecule has 0 saturated carbocycles. The molecule has 1 rings (SSSR count). The van der Waals surface area contributed by atoms with Gasteiger partial charge in [-0.1, -0.05) is 0 Å². The van der Waals surface area contributed by atoms with Crippen LogP contribution in [-0.2, 0) is 9.59 Å². The van der Waals surface area contributed by atoms with E-state index in [0.29, 0.717) is 0 Å². The number of rotatable bonds is 7. The zero-order chi connectivity index (χ0) is 16.8. The molecule has 0 aromatic heterocycles. The fourth-order valence-corrected chi connectivity index (χ4v) is 1.43. The van der Waals surface area contributed by atoms with Crippen molar-refractivity contribution >= 4 is 17.8 Å². The zero-order valence-electron chi connectivity index (χ0n) is 11.9. The van der Waals surface area contributed by atoms with Crippen molar-refractivity contribution in [1.29, 1.82) is 0 Å². The van der Waals surface area contributed by atoms with Gasteiger partial charge in [-0.3, -0.25) is 9.59 Å². The van der Waals surface area contributed by atoms with Crippen LogP contribution in [0.4, 0.5) is 4.39 Å². The summed E-state index contributed by atoms with van der Waals surface area (Å²) in [6.45, 7) is 0.649. The first-order valence-electron chi connectivity index (χ1n) is 6.48. The van der Waals surface area contributed by atoms with Gasteiger partial charge in [-0.25, -0.2) is 9.18 Å². The third kappa shape index (κ3) is 5.49. The second kappa shape index (κ2) is 7.51. The number of aliphatic hydroxyl groups is 1. The molecule has 120 valence electrons. The van der Waals surface area contributed by atoms with Crippen molar-refractivity contribution < 1.29 is 29.0 Å². The smallest absolute Gasteiger partial charge is 0.337 e. The minimum Gasteiger partial charge on any atom is -0.479 e. The molecule has 1 aromatic rings. The summed E-state index contributed by atoms with van der Waals surface area (Å²) >= 11 is 0. The highest BCUT2D eigenvalue weighted by atomic mass is 19.1. The van der Waals surface area contributed by atoms with Crippen molar-refractivity contribution in [3.05, 3.63) is 35.6 Å². The van der Waals surface area contributed by atoms with Gasteiger partial charge in [0, 0.05) is 18.5 Å². The van der Waals surface area contributed by atoms with Crippen molar-refractivity contribution in [2.24, 2.45) is 0 Å². The lowest BCUT2D eigenvalue weighted by Gasteiger charge is -2.18. The maximum absolute atomic E-state index is 12.7. The lowest BCUT2D eigenvalue weighted by atomic mass is 10.1. The number of hydrogen-bond donors (Lipinski definition) is 4. The number of carboxylic acid groups (broad SMARTS) is 1. The van der Waals surface area contributed by atoms with Crippen LogP contribution in [0.1, 0.15) is 23.7 Å². The van der Waals surface area contributed by atoms with Crippen molar-refractivity contribution in [2.45, 2.75) is 18.9 Å². The number of amides is 2. The molecule has 0 spiro atoms. The van der Waals surface area contributed by atoms with Crippen LogP contribution in [0.3, 0.4) is 0 Å². The number of benzene rings is 1. The topological polar surface area (TPSA) is 116 Å². The van der Waals surface area contributed by atoms with Crippen molar-refractivity contribution in [1.82, 2.24) is 10.6 Å². The van der Waals surface area contributed by atoms with Crippen LogP contribution in [0.15, 0.2) is 24.3 Å². The summed E-state index contributed by atoms with van der Waals surface area (Å²) in [5.74, 6) is -2.87. The van der Waals surface area contributed by atoms with Crippen LogP contribution in [-0.4, -0.2) is 46.7 Å². The maximum atomic E-state index is 12.7. The molecule has 4 N–H and O–H groups in total. The van der Waals surface area contributed by atoms with Gasteiger partial charge in [-0.2, -0.15) is 0 Å². The Morgan fingerprint density at radius 3 is 2.32 bits per heavy atom. The van der Waals surface area contributed by atoms with Gasteiger partial charge in [0.05, 0.1) is 6.54 Å². The summed E-state index contributed by atoms with van der Waals surface area (Å²) in [7, 11) is 0. The second-order valence-electron chi connectivity index (χ2n) is 4.87. The SMILES string of the molecule is CC(O)(CNC(=O)CCNC(=O)c1ccc(F)cc1)C(=O)O. The monoisotopic (exact) mass is 312 g/mol. The molecule has 1 unspecified atom stereocenters. The molecular weight excluding hydrogens is 295 g/mol. The summed E-state index contributed by atoms with van der Waals surface area (Å²) in [5, 5.41) is 22.8. The quantitative estimate of drug-likeness (QED) is 0.561. The summed E-state index contributed by atoms with van der Waals surface area (Å²) in [5.41, 5.74) is -1.79. The Bertz CT molecular complexity index is 557. The summed E-state index contributed by atoms with van der Waals surface area (Å²) in [6.07, 6.45) is -0.0807. The molecule has 0 fully saturated rings. The van der Waals surface area contributed by atoms with Crippen molar-refractivity contribution in [2.75, 3.05) is 13.1 Å². The first-order chi connectivity index (χ1) is 10.2. The molecule has 2 amide bonds. The van der Waals surface area contributed by atoms with Gasteiger partial charge in [0.2, 0.25) is 5.91 Å². The highest BCUT2D eigenvalue weighted by molar-refractivity contribution is 5.94. The Balaban J connectivity index is 2.32. The molecule has 0 aliphatic heterocycles. The normalized spacial score (nSPS) is 13.0. The van der Waals surface area contributed by atoms with E-state index in [0.717, 1.165) is 19.1 Å². The van der Waals surface area contributed by atoms with E-state index >= 15 is 0 Å². The van der Waals surface area contributed by atoms with Gasteiger partial charge in [-0.05, 0) is 31.2 Å². The predicted octanol–water partition coefficient (Wildman–Crippen LogP) is -0.103. The molecule has 0 bridgehead atoms. The molecule has 8 heteroatoms. The number of aliphatic carboxylic acids is 1.